The van der Waals surface area contributed by atoms with Crippen LogP contribution in [0.3, 0.4) is 0 Å². The maximum atomic E-state index is 11.9. The number of hydrogen-bond donors (Lipinski definition) is 2. The molecular weight excluding hydrogens is 460 g/mol. The lowest BCUT2D eigenvalue weighted by atomic mass is 9.94. The van der Waals surface area contributed by atoms with Gasteiger partial charge in [-0.05, 0) is 61.1 Å². The zero-order chi connectivity index (χ0) is 25.2. The molecule has 3 aliphatic heterocycles. The van der Waals surface area contributed by atoms with E-state index in [0.29, 0.717) is 24.2 Å². The number of cyclic esters (lactones) is 2. The van der Waals surface area contributed by atoms with Crippen molar-refractivity contribution in [1.82, 2.24) is 9.80 Å². The van der Waals surface area contributed by atoms with E-state index in [-0.39, 0.29) is 30.7 Å². The number of ether oxygens (including phenoxy) is 2. The summed E-state index contributed by atoms with van der Waals surface area (Å²) in [5.41, 5.74) is 6.59. The Kier molecular flexibility index (Phi) is 5.68. The van der Waals surface area contributed by atoms with E-state index < -0.39 is 12.2 Å². The van der Waals surface area contributed by atoms with E-state index in [9.17, 15) is 19.8 Å². The first kappa shape index (κ1) is 23.6. The Bertz CT molecular complexity index is 1250. The molecule has 4 aliphatic rings. The van der Waals surface area contributed by atoms with Gasteiger partial charge in [0.25, 0.3) is 0 Å². The zero-order valence-electron chi connectivity index (χ0n) is 20.7. The minimum absolute atomic E-state index is 0.0376. The standard InChI is InChI=1S/C28H32N2O6/c1-16-18(3-5-20-22(16)13-35-26(20)33)24(31)11-29-9-10-30(28(15-29)7-8-28)12-25(32)19-4-6-21-23(17(19)2)14-36-27(21)34/h3-6,24-25,31-32H,7-15H2,1-2H3/t24-,25-/m0/s1. The van der Waals surface area contributed by atoms with Crippen molar-refractivity contribution in [1.29, 1.82) is 0 Å². The maximum absolute atomic E-state index is 11.9. The second-order valence-electron chi connectivity index (χ2n) is 10.7. The molecule has 8 heteroatoms. The average Bonchev–Trinajstić information content (AvgIpc) is 3.35. The predicted molar refractivity (Wildman–Crippen MR) is 130 cm³/mol. The fourth-order valence-electron chi connectivity index (χ4n) is 6.26. The molecule has 6 rings (SSSR count). The van der Waals surface area contributed by atoms with Gasteiger partial charge in [0.15, 0.2) is 0 Å². The van der Waals surface area contributed by atoms with E-state index in [2.05, 4.69) is 9.80 Å². The topological polar surface area (TPSA) is 99.5 Å². The Morgan fingerprint density at radius 1 is 0.833 bits per heavy atom. The number of fused-ring (bicyclic) bond motifs is 2. The summed E-state index contributed by atoms with van der Waals surface area (Å²) in [6.45, 7) is 8.01. The van der Waals surface area contributed by atoms with Crippen molar-refractivity contribution in [2.24, 2.45) is 0 Å². The Hall–Kier alpha value is -2.78. The van der Waals surface area contributed by atoms with Crippen LogP contribution in [0.15, 0.2) is 24.3 Å². The highest BCUT2D eigenvalue weighted by atomic mass is 16.5. The molecule has 2 aromatic carbocycles. The SMILES string of the molecule is Cc1c([C@@H](O)CN2CCN(C[C@H](O)c3ccc4c(c3C)COC4=O)C3(CC3)C2)ccc2c1COC2=O. The van der Waals surface area contributed by atoms with Gasteiger partial charge in [-0.3, -0.25) is 9.80 Å². The number of nitrogens with zero attached hydrogens (tertiary/aromatic N) is 2. The van der Waals surface area contributed by atoms with Crippen molar-refractivity contribution in [3.05, 3.63) is 68.8 Å². The molecule has 1 aliphatic carbocycles. The molecule has 0 unspecified atom stereocenters. The number of benzene rings is 2. The summed E-state index contributed by atoms with van der Waals surface area (Å²) in [5, 5.41) is 22.2. The van der Waals surface area contributed by atoms with Crippen molar-refractivity contribution in [3.63, 3.8) is 0 Å². The number of rotatable bonds is 6. The molecule has 36 heavy (non-hydrogen) atoms. The van der Waals surface area contributed by atoms with Crippen molar-refractivity contribution in [2.75, 3.05) is 32.7 Å². The summed E-state index contributed by atoms with van der Waals surface area (Å²) in [6, 6.07) is 7.24. The third kappa shape index (κ3) is 3.84. The lowest BCUT2D eigenvalue weighted by molar-refractivity contribution is 0.00351. The van der Waals surface area contributed by atoms with Crippen LogP contribution in [0.1, 0.15) is 79.1 Å². The highest BCUT2D eigenvalue weighted by Gasteiger charge is 2.51. The van der Waals surface area contributed by atoms with E-state index in [1.807, 2.05) is 26.0 Å². The third-order valence-electron chi connectivity index (χ3n) is 8.66. The second kappa shape index (κ2) is 8.66. The molecular formula is C28H32N2O6. The third-order valence-corrected chi connectivity index (χ3v) is 8.66. The lowest BCUT2D eigenvalue weighted by Gasteiger charge is -2.43. The fraction of sp³-hybridized carbons (Fsp3) is 0.500. The van der Waals surface area contributed by atoms with Gasteiger partial charge in [-0.25, -0.2) is 9.59 Å². The molecule has 0 aromatic heterocycles. The number of aliphatic hydroxyl groups excluding tert-OH is 2. The minimum atomic E-state index is -0.641. The summed E-state index contributed by atoms with van der Waals surface area (Å²) in [6.07, 6.45) is 0.877. The number of hydrogen-bond acceptors (Lipinski definition) is 8. The number of esters is 2. The van der Waals surface area contributed by atoms with Crippen LogP contribution in [0.2, 0.25) is 0 Å². The Morgan fingerprint density at radius 3 is 1.89 bits per heavy atom. The largest absolute Gasteiger partial charge is 0.457 e. The molecule has 1 spiro atoms. The van der Waals surface area contributed by atoms with Crippen LogP contribution in [-0.2, 0) is 22.7 Å². The first-order valence-electron chi connectivity index (χ1n) is 12.7. The Balaban J connectivity index is 1.11. The Morgan fingerprint density at radius 2 is 1.36 bits per heavy atom. The summed E-state index contributed by atoms with van der Waals surface area (Å²) in [7, 11) is 0. The van der Waals surface area contributed by atoms with E-state index in [4.69, 9.17) is 9.47 Å². The van der Waals surface area contributed by atoms with Crippen LogP contribution in [0.25, 0.3) is 0 Å². The molecule has 1 saturated carbocycles. The molecule has 1 saturated heterocycles. The van der Waals surface area contributed by atoms with E-state index >= 15 is 0 Å². The lowest BCUT2D eigenvalue weighted by Crippen LogP contribution is -2.56. The molecule has 190 valence electrons. The van der Waals surface area contributed by atoms with Gasteiger partial charge in [0.1, 0.15) is 13.2 Å². The summed E-state index contributed by atoms with van der Waals surface area (Å²) in [5.74, 6) is -0.582. The highest BCUT2D eigenvalue weighted by molar-refractivity contribution is 5.94. The van der Waals surface area contributed by atoms with Gasteiger partial charge in [-0.15, -0.1) is 0 Å². The van der Waals surface area contributed by atoms with Crippen molar-refractivity contribution in [3.8, 4) is 0 Å². The van der Waals surface area contributed by atoms with Crippen LogP contribution >= 0.6 is 0 Å². The van der Waals surface area contributed by atoms with Gasteiger partial charge in [0.05, 0.1) is 23.3 Å². The minimum Gasteiger partial charge on any atom is -0.457 e. The second-order valence-corrected chi connectivity index (χ2v) is 10.7. The summed E-state index contributed by atoms with van der Waals surface area (Å²) < 4.78 is 10.3. The number of carbonyl (C=O) groups excluding carboxylic acids is 2. The molecule has 3 heterocycles. The highest BCUT2D eigenvalue weighted by Crippen LogP contribution is 2.45. The molecule has 2 N–H and O–H groups in total. The number of β-amino-alcohol motifs (C(OH)–C–C–N with tert-alkyl or cyclic N) is 2. The summed E-state index contributed by atoms with van der Waals surface area (Å²) in [4.78, 5) is 28.4. The maximum Gasteiger partial charge on any atom is 0.338 e. The van der Waals surface area contributed by atoms with Crippen LogP contribution in [0.5, 0.6) is 0 Å². The number of piperazine rings is 1. The van der Waals surface area contributed by atoms with Gasteiger partial charge in [0, 0.05) is 49.4 Å². The van der Waals surface area contributed by atoms with Gasteiger partial charge in [-0.1, -0.05) is 12.1 Å². The van der Waals surface area contributed by atoms with E-state index in [1.165, 1.54) is 0 Å². The van der Waals surface area contributed by atoms with Crippen molar-refractivity contribution < 1.29 is 29.3 Å². The average molecular weight is 493 g/mol. The van der Waals surface area contributed by atoms with Crippen molar-refractivity contribution in [2.45, 2.75) is 57.6 Å². The van der Waals surface area contributed by atoms with Crippen LogP contribution in [0, 0.1) is 13.8 Å². The number of carbonyl (C=O) groups is 2. The number of aliphatic hydroxyl groups is 2. The molecule has 2 atom stereocenters. The molecule has 0 amide bonds. The molecule has 0 radical (unpaired) electrons. The molecule has 0 bridgehead atoms. The smallest absolute Gasteiger partial charge is 0.338 e. The monoisotopic (exact) mass is 492 g/mol. The van der Waals surface area contributed by atoms with Crippen LogP contribution in [-0.4, -0.2) is 70.2 Å². The first-order chi connectivity index (χ1) is 17.3. The van der Waals surface area contributed by atoms with Gasteiger partial charge < -0.3 is 19.7 Å². The quantitative estimate of drug-likeness (QED) is 0.594. The molecule has 8 nitrogen and oxygen atoms in total. The molecule has 2 fully saturated rings. The summed E-state index contributed by atoms with van der Waals surface area (Å²) >= 11 is 0. The first-order valence-corrected chi connectivity index (χ1v) is 12.7. The fourth-order valence-corrected chi connectivity index (χ4v) is 6.26. The Labute approximate surface area is 210 Å². The van der Waals surface area contributed by atoms with Gasteiger partial charge >= 0.3 is 11.9 Å². The zero-order valence-corrected chi connectivity index (χ0v) is 20.7. The normalized spacial score (nSPS) is 22.2. The van der Waals surface area contributed by atoms with Crippen molar-refractivity contribution >= 4 is 11.9 Å². The van der Waals surface area contributed by atoms with Gasteiger partial charge in [0.2, 0.25) is 0 Å². The van der Waals surface area contributed by atoms with Crippen LogP contribution in [0.4, 0.5) is 0 Å². The predicted octanol–water partition coefficient (Wildman–Crippen LogP) is 2.56. The van der Waals surface area contributed by atoms with Crippen LogP contribution < -0.4 is 0 Å². The van der Waals surface area contributed by atoms with Gasteiger partial charge in [-0.2, -0.15) is 0 Å². The van der Waals surface area contributed by atoms with E-state index in [0.717, 1.165) is 65.9 Å². The van der Waals surface area contributed by atoms with E-state index in [1.54, 1.807) is 12.1 Å². The molecule has 2 aromatic rings.